The Morgan fingerprint density at radius 2 is 1.71 bits per heavy atom. The van der Waals surface area contributed by atoms with E-state index in [2.05, 4.69) is 0 Å². The van der Waals surface area contributed by atoms with Gasteiger partial charge in [0.25, 0.3) is 0 Å². The van der Waals surface area contributed by atoms with Crippen LogP contribution in [0.3, 0.4) is 0 Å². The van der Waals surface area contributed by atoms with Gasteiger partial charge in [0.15, 0.2) is 0 Å². The first-order chi connectivity index (χ1) is 16.2. The van der Waals surface area contributed by atoms with Gasteiger partial charge in [0.05, 0.1) is 5.56 Å². The number of carboxylic acid groups (broad SMARTS) is 1. The molecule has 34 heavy (non-hydrogen) atoms. The number of halogens is 3. The van der Waals surface area contributed by atoms with Crippen molar-refractivity contribution in [1.29, 1.82) is 0 Å². The molecule has 5 nitrogen and oxygen atoms in total. The lowest BCUT2D eigenvalue weighted by Gasteiger charge is -2.10. The molecule has 0 amide bonds. The Labute approximate surface area is 194 Å². The van der Waals surface area contributed by atoms with Gasteiger partial charge in [0, 0.05) is 30.1 Å². The van der Waals surface area contributed by atoms with Gasteiger partial charge in [-0.25, -0.2) is 0 Å². The topological polar surface area (TPSA) is 77.5 Å². The van der Waals surface area contributed by atoms with Crippen molar-refractivity contribution in [3.8, 4) is 5.75 Å². The van der Waals surface area contributed by atoms with E-state index < -0.39 is 23.8 Å². The average molecular weight is 468 g/mol. The summed E-state index contributed by atoms with van der Waals surface area (Å²) in [5.74, 6) is -0.492. The maximum Gasteiger partial charge on any atom is 0.416 e. The van der Waals surface area contributed by atoms with Crippen molar-refractivity contribution in [3.63, 3.8) is 0 Å². The number of benzene rings is 3. The van der Waals surface area contributed by atoms with E-state index in [9.17, 15) is 23.1 Å². The fourth-order valence-electron chi connectivity index (χ4n) is 3.79. The van der Waals surface area contributed by atoms with Crippen molar-refractivity contribution in [3.05, 3.63) is 101 Å². The van der Waals surface area contributed by atoms with Crippen molar-refractivity contribution >= 4 is 16.9 Å². The SMILES string of the molecule is NC(Cc1cn(Cc2ccc(C(F)(F)F)cc2)c2ccc(OCc3ccccc3)cc12)C(=O)O. The maximum absolute atomic E-state index is 12.9. The Bertz CT molecular complexity index is 1280. The molecule has 0 saturated heterocycles. The van der Waals surface area contributed by atoms with Crippen LogP contribution in [-0.2, 0) is 30.5 Å². The minimum atomic E-state index is -4.39. The number of nitrogens with two attached hydrogens (primary N) is 1. The highest BCUT2D eigenvalue weighted by atomic mass is 19.4. The molecule has 1 heterocycles. The number of nitrogens with zero attached hydrogens (tertiary/aromatic N) is 1. The lowest BCUT2D eigenvalue weighted by Crippen LogP contribution is -2.32. The highest BCUT2D eigenvalue weighted by Crippen LogP contribution is 2.31. The molecule has 0 bridgehead atoms. The predicted molar refractivity (Wildman–Crippen MR) is 123 cm³/mol. The van der Waals surface area contributed by atoms with Crippen LogP contribution in [0, 0.1) is 0 Å². The molecule has 176 valence electrons. The second-order valence-corrected chi connectivity index (χ2v) is 8.08. The molecule has 4 rings (SSSR count). The van der Waals surface area contributed by atoms with Gasteiger partial charge < -0.3 is 20.1 Å². The van der Waals surface area contributed by atoms with Gasteiger partial charge in [-0.05, 0) is 47.0 Å². The Morgan fingerprint density at radius 3 is 2.35 bits per heavy atom. The summed E-state index contributed by atoms with van der Waals surface area (Å²) in [7, 11) is 0. The van der Waals surface area contributed by atoms with Crippen LogP contribution in [0.25, 0.3) is 10.9 Å². The van der Waals surface area contributed by atoms with Crippen molar-refractivity contribution < 1.29 is 27.8 Å². The number of fused-ring (bicyclic) bond motifs is 1. The lowest BCUT2D eigenvalue weighted by atomic mass is 10.1. The molecule has 0 spiro atoms. The Morgan fingerprint density at radius 1 is 1.00 bits per heavy atom. The van der Waals surface area contributed by atoms with Gasteiger partial charge in [-0.3, -0.25) is 4.79 Å². The van der Waals surface area contributed by atoms with Crippen molar-refractivity contribution in [2.45, 2.75) is 31.8 Å². The van der Waals surface area contributed by atoms with Gasteiger partial charge in [0.1, 0.15) is 18.4 Å². The predicted octanol–water partition coefficient (Wildman–Crippen LogP) is 5.24. The number of carbonyl (C=O) groups is 1. The van der Waals surface area contributed by atoms with Crippen molar-refractivity contribution in [1.82, 2.24) is 4.57 Å². The van der Waals surface area contributed by atoms with Crippen LogP contribution in [0.1, 0.15) is 22.3 Å². The molecule has 3 N–H and O–H groups in total. The smallest absolute Gasteiger partial charge is 0.416 e. The third kappa shape index (κ3) is 5.40. The second kappa shape index (κ2) is 9.61. The molecule has 0 aliphatic rings. The largest absolute Gasteiger partial charge is 0.489 e. The minimum absolute atomic E-state index is 0.105. The van der Waals surface area contributed by atoms with Gasteiger partial charge in [-0.1, -0.05) is 42.5 Å². The summed E-state index contributed by atoms with van der Waals surface area (Å²) in [5.41, 5.74) is 8.30. The zero-order valence-corrected chi connectivity index (χ0v) is 18.1. The fraction of sp³-hybridized carbons (Fsp3) is 0.192. The van der Waals surface area contributed by atoms with Gasteiger partial charge >= 0.3 is 12.1 Å². The van der Waals surface area contributed by atoms with E-state index in [0.717, 1.165) is 34.2 Å². The molecule has 0 aliphatic carbocycles. The van der Waals surface area contributed by atoms with E-state index >= 15 is 0 Å². The summed E-state index contributed by atoms with van der Waals surface area (Å²) in [6.45, 7) is 0.698. The zero-order chi connectivity index (χ0) is 24.3. The van der Waals surface area contributed by atoms with Crippen molar-refractivity contribution in [2.24, 2.45) is 5.73 Å². The van der Waals surface area contributed by atoms with Crippen LogP contribution in [0.2, 0.25) is 0 Å². The van der Waals surface area contributed by atoms with E-state index in [0.29, 0.717) is 24.5 Å². The first-order valence-corrected chi connectivity index (χ1v) is 10.6. The summed E-state index contributed by atoms with van der Waals surface area (Å²) in [4.78, 5) is 11.3. The molecule has 3 aromatic carbocycles. The second-order valence-electron chi connectivity index (χ2n) is 8.08. The van der Waals surface area contributed by atoms with Gasteiger partial charge in [-0.15, -0.1) is 0 Å². The molecule has 0 saturated carbocycles. The lowest BCUT2D eigenvalue weighted by molar-refractivity contribution is -0.139. The summed E-state index contributed by atoms with van der Waals surface area (Å²) in [6.07, 6.45) is -2.49. The molecular weight excluding hydrogens is 445 g/mol. The first kappa shape index (κ1) is 23.4. The number of alkyl halides is 3. The summed E-state index contributed by atoms with van der Waals surface area (Å²) < 4.78 is 46.4. The third-order valence-corrected chi connectivity index (χ3v) is 5.57. The minimum Gasteiger partial charge on any atom is -0.489 e. The van der Waals surface area contributed by atoms with E-state index in [1.807, 2.05) is 53.1 Å². The maximum atomic E-state index is 12.9. The molecule has 1 unspecified atom stereocenters. The molecule has 1 aromatic heterocycles. The molecule has 0 radical (unpaired) electrons. The normalized spacial score (nSPS) is 12.6. The number of aliphatic carboxylic acids is 1. The monoisotopic (exact) mass is 468 g/mol. The van der Waals surface area contributed by atoms with Crippen LogP contribution < -0.4 is 10.5 Å². The Kier molecular flexibility index (Phi) is 6.61. The van der Waals surface area contributed by atoms with E-state index in [1.54, 1.807) is 6.20 Å². The molecule has 8 heteroatoms. The molecule has 1 atom stereocenters. The van der Waals surface area contributed by atoms with Crippen LogP contribution >= 0.6 is 0 Å². The Hall–Kier alpha value is -3.78. The third-order valence-electron chi connectivity index (χ3n) is 5.57. The number of ether oxygens (including phenoxy) is 1. The van der Waals surface area contributed by atoms with Crippen LogP contribution in [0.15, 0.2) is 79.0 Å². The highest BCUT2D eigenvalue weighted by molar-refractivity contribution is 5.86. The van der Waals surface area contributed by atoms with Crippen LogP contribution in [0.4, 0.5) is 13.2 Å². The van der Waals surface area contributed by atoms with Gasteiger partial charge in [0.2, 0.25) is 0 Å². The Balaban J connectivity index is 1.64. The molecule has 0 aliphatic heterocycles. The number of hydrogen-bond donors (Lipinski definition) is 2. The molecule has 4 aromatic rings. The van der Waals surface area contributed by atoms with Gasteiger partial charge in [-0.2, -0.15) is 13.2 Å². The number of hydrogen-bond acceptors (Lipinski definition) is 3. The number of aromatic nitrogens is 1. The molecule has 0 fully saturated rings. The average Bonchev–Trinajstić information content (AvgIpc) is 3.14. The van der Waals surface area contributed by atoms with Crippen molar-refractivity contribution in [2.75, 3.05) is 0 Å². The number of carboxylic acids is 1. The summed E-state index contributed by atoms with van der Waals surface area (Å²) in [6, 6.07) is 19.1. The van der Waals surface area contributed by atoms with E-state index in [-0.39, 0.29) is 6.42 Å². The van der Waals surface area contributed by atoms with Crippen LogP contribution in [0.5, 0.6) is 5.75 Å². The zero-order valence-electron chi connectivity index (χ0n) is 18.1. The summed E-state index contributed by atoms with van der Waals surface area (Å²) >= 11 is 0. The highest BCUT2D eigenvalue weighted by Gasteiger charge is 2.30. The quantitative estimate of drug-likeness (QED) is 0.371. The fourth-order valence-corrected chi connectivity index (χ4v) is 3.79. The van der Waals surface area contributed by atoms with E-state index in [1.165, 1.54) is 12.1 Å². The van der Waals surface area contributed by atoms with Crippen LogP contribution in [-0.4, -0.2) is 21.7 Å². The number of rotatable bonds is 8. The van der Waals surface area contributed by atoms with E-state index in [4.69, 9.17) is 10.5 Å². The molecular formula is C26H23F3N2O3. The summed E-state index contributed by atoms with van der Waals surface area (Å²) in [5, 5.41) is 10.1. The first-order valence-electron chi connectivity index (χ1n) is 10.6. The standard InChI is InChI=1S/C26H23F3N2O3/c27-26(28,29)20-8-6-17(7-9-20)14-31-15-19(12-23(30)25(32)33)22-13-21(10-11-24(22)31)34-16-18-4-2-1-3-5-18/h1-11,13,15,23H,12,14,16,30H2,(H,32,33).